The molecule has 0 amide bonds. The SMILES string of the molecule is C=C(CC)C1CC(C)CC(=C)N1C. The predicted molar refractivity (Wildman–Crippen MR) is 58.5 cm³/mol. The van der Waals surface area contributed by atoms with Gasteiger partial charge in [0.1, 0.15) is 0 Å². The molecule has 0 spiro atoms. The average Bonchev–Trinajstić information content (AvgIpc) is 2.10. The molecule has 1 saturated heterocycles. The summed E-state index contributed by atoms with van der Waals surface area (Å²) in [5.74, 6) is 0.761. The van der Waals surface area contributed by atoms with Gasteiger partial charge in [-0.15, -0.1) is 0 Å². The second kappa shape index (κ2) is 3.99. The minimum Gasteiger partial charge on any atom is -0.372 e. The number of hydrogen-bond donors (Lipinski definition) is 0. The van der Waals surface area contributed by atoms with E-state index in [1.807, 2.05) is 0 Å². The van der Waals surface area contributed by atoms with Crippen LogP contribution in [0.4, 0.5) is 0 Å². The highest BCUT2D eigenvalue weighted by molar-refractivity contribution is 5.13. The lowest BCUT2D eigenvalue weighted by atomic mass is 9.87. The Morgan fingerprint density at radius 2 is 2.23 bits per heavy atom. The number of hydrogen-bond acceptors (Lipinski definition) is 1. The third-order valence-corrected chi connectivity index (χ3v) is 3.10. The third-order valence-electron chi connectivity index (χ3n) is 3.10. The van der Waals surface area contributed by atoms with Crippen molar-refractivity contribution >= 4 is 0 Å². The van der Waals surface area contributed by atoms with Gasteiger partial charge >= 0.3 is 0 Å². The molecule has 0 aromatic carbocycles. The fourth-order valence-electron chi connectivity index (χ4n) is 2.07. The van der Waals surface area contributed by atoms with Crippen molar-refractivity contribution in [2.75, 3.05) is 7.05 Å². The fourth-order valence-corrected chi connectivity index (χ4v) is 2.07. The molecule has 13 heavy (non-hydrogen) atoms. The fraction of sp³-hybridized carbons (Fsp3) is 0.667. The summed E-state index contributed by atoms with van der Waals surface area (Å²) < 4.78 is 0. The molecule has 1 aliphatic rings. The number of likely N-dealkylation sites (N-methyl/N-ethyl adjacent to an activating group) is 1. The Hall–Kier alpha value is -0.720. The van der Waals surface area contributed by atoms with Gasteiger partial charge in [-0.3, -0.25) is 0 Å². The van der Waals surface area contributed by atoms with E-state index in [1.165, 1.54) is 17.7 Å². The molecule has 1 heterocycles. The normalized spacial score (nSPS) is 29.2. The monoisotopic (exact) mass is 179 g/mol. The molecule has 0 aromatic heterocycles. The lowest BCUT2D eigenvalue weighted by molar-refractivity contribution is 0.226. The van der Waals surface area contributed by atoms with Gasteiger partial charge in [0.2, 0.25) is 0 Å². The molecule has 0 N–H and O–H groups in total. The Bertz CT molecular complexity index is 217. The summed E-state index contributed by atoms with van der Waals surface area (Å²) in [6.07, 6.45) is 3.46. The summed E-state index contributed by atoms with van der Waals surface area (Å²) in [7, 11) is 2.14. The maximum absolute atomic E-state index is 4.13. The highest BCUT2D eigenvalue weighted by Crippen LogP contribution is 2.31. The van der Waals surface area contributed by atoms with Crippen molar-refractivity contribution < 1.29 is 0 Å². The lowest BCUT2D eigenvalue weighted by Crippen LogP contribution is -2.38. The molecule has 2 atom stereocenters. The highest BCUT2D eigenvalue weighted by Gasteiger charge is 2.26. The molecule has 74 valence electrons. The zero-order valence-corrected chi connectivity index (χ0v) is 9.14. The van der Waals surface area contributed by atoms with Gasteiger partial charge in [0.15, 0.2) is 0 Å². The van der Waals surface area contributed by atoms with Crippen LogP contribution in [0.15, 0.2) is 24.4 Å². The van der Waals surface area contributed by atoms with Gasteiger partial charge in [0.25, 0.3) is 0 Å². The van der Waals surface area contributed by atoms with Crippen molar-refractivity contribution in [1.82, 2.24) is 4.90 Å². The summed E-state index contributed by atoms with van der Waals surface area (Å²) in [6, 6.07) is 0.529. The van der Waals surface area contributed by atoms with Crippen LogP contribution in [0, 0.1) is 5.92 Å². The van der Waals surface area contributed by atoms with E-state index in [2.05, 4.69) is 39.0 Å². The topological polar surface area (TPSA) is 3.24 Å². The Morgan fingerprint density at radius 1 is 1.62 bits per heavy atom. The minimum atomic E-state index is 0.529. The van der Waals surface area contributed by atoms with Crippen molar-refractivity contribution in [1.29, 1.82) is 0 Å². The standard InChI is InChI=1S/C12H21N/c1-6-10(3)12-8-9(2)7-11(4)13(12)5/h9,12H,3-4,6-8H2,1-2,5H3. The maximum atomic E-state index is 4.13. The van der Waals surface area contributed by atoms with Crippen molar-refractivity contribution in [2.45, 2.75) is 39.2 Å². The van der Waals surface area contributed by atoms with Crippen molar-refractivity contribution in [3.8, 4) is 0 Å². The molecule has 1 heteroatoms. The number of allylic oxidation sites excluding steroid dienone is 1. The van der Waals surface area contributed by atoms with Crippen LogP contribution in [-0.4, -0.2) is 18.0 Å². The van der Waals surface area contributed by atoms with Gasteiger partial charge in [0, 0.05) is 18.8 Å². The maximum Gasteiger partial charge on any atom is 0.0495 e. The van der Waals surface area contributed by atoms with Crippen LogP contribution in [0.3, 0.4) is 0 Å². The first kappa shape index (κ1) is 10.4. The number of rotatable bonds is 2. The lowest BCUT2D eigenvalue weighted by Gasteiger charge is -2.40. The Morgan fingerprint density at radius 3 is 2.77 bits per heavy atom. The minimum absolute atomic E-state index is 0.529. The molecule has 0 aromatic rings. The first-order valence-electron chi connectivity index (χ1n) is 5.14. The van der Waals surface area contributed by atoms with Crippen molar-refractivity contribution in [3.63, 3.8) is 0 Å². The summed E-state index contributed by atoms with van der Waals surface area (Å²) in [5, 5.41) is 0. The van der Waals surface area contributed by atoms with Gasteiger partial charge in [-0.05, 0) is 25.2 Å². The zero-order valence-electron chi connectivity index (χ0n) is 9.14. The smallest absolute Gasteiger partial charge is 0.0495 e. The van der Waals surface area contributed by atoms with Crippen LogP contribution in [-0.2, 0) is 0 Å². The zero-order chi connectivity index (χ0) is 10.0. The van der Waals surface area contributed by atoms with E-state index in [1.54, 1.807) is 0 Å². The quantitative estimate of drug-likeness (QED) is 0.588. The molecule has 0 saturated carbocycles. The first-order valence-corrected chi connectivity index (χ1v) is 5.14. The molecular weight excluding hydrogens is 158 g/mol. The molecule has 1 fully saturated rings. The van der Waals surface area contributed by atoms with Gasteiger partial charge in [-0.1, -0.05) is 32.6 Å². The van der Waals surface area contributed by atoms with E-state index in [0.29, 0.717) is 6.04 Å². The van der Waals surface area contributed by atoms with Crippen LogP contribution >= 0.6 is 0 Å². The van der Waals surface area contributed by atoms with E-state index in [9.17, 15) is 0 Å². The van der Waals surface area contributed by atoms with Crippen molar-refractivity contribution in [3.05, 3.63) is 24.4 Å². The molecule has 0 bridgehead atoms. The largest absolute Gasteiger partial charge is 0.372 e. The van der Waals surface area contributed by atoms with Gasteiger partial charge in [0.05, 0.1) is 0 Å². The number of piperidine rings is 1. The average molecular weight is 179 g/mol. The van der Waals surface area contributed by atoms with Crippen LogP contribution in [0.1, 0.15) is 33.1 Å². The van der Waals surface area contributed by atoms with E-state index in [4.69, 9.17) is 0 Å². The van der Waals surface area contributed by atoms with Gasteiger partial charge in [-0.2, -0.15) is 0 Å². The van der Waals surface area contributed by atoms with Crippen LogP contribution < -0.4 is 0 Å². The molecule has 0 aliphatic carbocycles. The third kappa shape index (κ3) is 2.15. The number of nitrogens with zero attached hydrogens (tertiary/aromatic N) is 1. The first-order chi connectivity index (χ1) is 6.06. The Kier molecular flexibility index (Phi) is 3.18. The second-order valence-corrected chi connectivity index (χ2v) is 4.25. The summed E-state index contributed by atoms with van der Waals surface area (Å²) >= 11 is 0. The van der Waals surface area contributed by atoms with Crippen molar-refractivity contribution in [2.24, 2.45) is 5.92 Å². The van der Waals surface area contributed by atoms with E-state index in [-0.39, 0.29) is 0 Å². The molecule has 1 nitrogen and oxygen atoms in total. The molecular formula is C12H21N. The van der Waals surface area contributed by atoms with Crippen LogP contribution in [0.25, 0.3) is 0 Å². The molecule has 0 radical (unpaired) electrons. The van der Waals surface area contributed by atoms with E-state index in [0.717, 1.165) is 18.8 Å². The summed E-state index contributed by atoms with van der Waals surface area (Å²) in [4.78, 5) is 2.30. The second-order valence-electron chi connectivity index (χ2n) is 4.25. The molecule has 1 rings (SSSR count). The van der Waals surface area contributed by atoms with Gasteiger partial charge in [-0.25, -0.2) is 0 Å². The Labute approximate surface area is 82.1 Å². The van der Waals surface area contributed by atoms with Crippen LogP contribution in [0.5, 0.6) is 0 Å². The van der Waals surface area contributed by atoms with Crippen LogP contribution in [0.2, 0.25) is 0 Å². The van der Waals surface area contributed by atoms with Gasteiger partial charge < -0.3 is 4.90 Å². The van der Waals surface area contributed by atoms with E-state index < -0.39 is 0 Å². The highest BCUT2D eigenvalue weighted by atomic mass is 15.1. The van der Waals surface area contributed by atoms with E-state index >= 15 is 0 Å². The molecule has 2 unspecified atom stereocenters. The predicted octanol–water partition coefficient (Wildman–Crippen LogP) is 3.20. The Balaban J connectivity index is 2.71. The summed E-state index contributed by atoms with van der Waals surface area (Å²) in [6.45, 7) is 12.7. The summed E-state index contributed by atoms with van der Waals surface area (Å²) in [5.41, 5.74) is 2.61. The number of likely N-dealkylation sites (tertiary alicyclic amines) is 1. The molecule has 1 aliphatic heterocycles.